The molecule has 0 radical (unpaired) electrons. The van der Waals surface area contributed by atoms with E-state index in [-0.39, 0.29) is 0 Å². The standard InChI is InChI=1S/C18H18O4/c1-21-13-7-3-11(4-8-13)15-17(19)16(18(15)20)12-5-9-14(22-2)10-6-12/h3-10,15-18H,1-2H3/q-2. The predicted molar refractivity (Wildman–Crippen MR) is 79.0 cm³/mol. The number of hydrogen-bond donors (Lipinski definition) is 0. The Bertz CT molecular complexity index is 555. The molecular weight excluding hydrogens is 280 g/mol. The second-order valence-corrected chi connectivity index (χ2v) is 5.53. The van der Waals surface area contributed by atoms with Crippen LogP contribution in [0.3, 0.4) is 0 Å². The smallest absolute Gasteiger partial charge is 0.118 e. The van der Waals surface area contributed by atoms with Gasteiger partial charge >= 0.3 is 0 Å². The highest BCUT2D eigenvalue weighted by molar-refractivity contribution is 5.39. The average molecular weight is 298 g/mol. The molecule has 4 nitrogen and oxygen atoms in total. The summed E-state index contributed by atoms with van der Waals surface area (Å²) in [4.78, 5) is 0. The van der Waals surface area contributed by atoms with Crippen molar-refractivity contribution in [1.82, 2.24) is 0 Å². The van der Waals surface area contributed by atoms with Gasteiger partial charge in [-0.25, -0.2) is 0 Å². The number of methoxy groups -OCH3 is 2. The molecule has 2 aromatic carbocycles. The van der Waals surface area contributed by atoms with E-state index in [0.717, 1.165) is 22.6 Å². The molecule has 0 spiro atoms. The first-order valence-electron chi connectivity index (χ1n) is 7.25. The summed E-state index contributed by atoms with van der Waals surface area (Å²) in [5, 5.41) is 25.0. The van der Waals surface area contributed by atoms with Gasteiger partial charge in [-0.15, -0.1) is 12.2 Å². The van der Waals surface area contributed by atoms with Gasteiger partial charge in [-0.05, 0) is 47.2 Å². The van der Waals surface area contributed by atoms with Crippen LogP contribution < -0.4 is 19.7 Å². The molecule has 0 heterocycles. The van der Waals surface area contributed by atoms with Crippen LogP contribution in [0.15, 0.2) is 48.5 Å². The molecule has 0 unspecified atom stereocenters. The Labute approximate surface area is 129 Å². The average Bonchev–Trinajstić information content (AvgIpc) is 2.56. The molecule has 0 aromatic heterocycles. The normalized spacial score (nSPS) is 27.1. The highest BCUT2D eigenvalue weighted by atomic mass is 16.5. The molecule has 0 bridgehead atoms. The van der Waals surface area contributed by atoms with Crippen LogP contribution in [0, 0.1) is 0 Å². The van der Waals surface area contributed by atoms with Crippen molar-refractivity contribution in [3.05, 3.63) is 59.7 Å². The summed E-state index contributed by atoms with van der Waals surface area (Å²) in [7, 11) is 3.18. The molecule has 1 fully saturated rings. The van der Waals surface area contributed by atoms with Crippen molar-refractivity contribution in [3.8, 4) is 11.5 Å². The van der Waals surface area contributed by atoms with Gasteiger partial charge in [-0.1, -0.05) is 24.3 Å². The lowest BCUT2D eigenvalue weighted by atomic mass is 9.63. The lowest BCUT2D eigenvalue weighted by molar-refractivity contribution is -0.536. The zero-order valence-electron chi connectivity index (χ0n) is 12.6. The maximum Gasteiger partial charge on any atom is 0.118 e. The van der Waals surface area contributed by atoms with E-state index in [9.17, 15) is 10.2 Å². The van der Waals surface area contributed by atoms with Gasteiger partial charge in [-0.3, -0.25) is 0 Å². The number of benzene rings is 2. The molecule has 22 heavy (non-hydrogen) atoms. The lowest BCUT2D eigenvalue weighted by Crippen LogP contribution is -2.63. The fourth-order valence-electron chi connectivity index (χ4n) is 3.09. The Morgan fingerprint density at radius 1 is 0.636 bits per heavy atom. The van der Waals surface area contributed by atoms with Gasteiger partial charge in [0, 0.05) is 0 Å². The fourth-order valence-corrected chi connectivity index (χ4v) is 3.09. The molecular formula is C18H18O4-2. The lowest BCUT2D eigenvalue weighted by Gasteiger charge is -2.61. The quantitative estimate of drug-likeness (QED) is 0.846. The van der Waals surface area contributed by atoms with Gasteiger partial charge in [0.15, 0.2) is 0 Å². The molecule has 116 valence electrons. The van der Waals surface area contributed by atoms with E-state index in [2.05, 4.69) is 0 Å². The number of ether oxygens (including phenoxy) is 2. The summed E-state index contributed by atoms with van der Waals surface area (Å²) in [5.41, 5.74) is 1.59. The third-order valence-corrected chi connectivity index (χ3v) is 4.42. The van der Waals surface area contributed by atoms with Crippen molar-refractivity contribution in [2.24, 2.45) is 0 Å². The molecule has 2 aromatic rings. The second-order valence-electron chi connectivity index (χ2n) is 5.53. The number of rotatable bonds is 4. The Kier molecular flexibility index (Phi) is 4.05. The van der Waals surface area contributed by atoms with Gasteiger partial charge < -0.3 is 19.7 Å². The highest BCUT2D eigenvalue weighted by Gasteiger charge is 2.38. The molecule has 0 saturated heterocycles. The second kappa shape index (κ2) is 5.99. The summed E-state index contributed by atoms with van der Waals surface area (Å²) in [5.74, 6) is 0.468. The predicted octanol–water partition coefficient (Wildman–Crippen LogP) is 1.04. The summed E-state index contributed by atoms with van der Waals surface area (Å²) in [6.07, 6.45) is -1.83. The summed E-state index contributed by atoms with van der Waals surface area (Å²) >= 11 is 0. The zero-order valence-corrected chi connectivity index (χ0v) is 12.6. The van der Waals surface area contributed by atoms with Crippen molar-refractivity contribution >= 4 is 0 Å². The van der Waals surface area contributed by atoms with Gasteiger partial charge in [0.2, 0.25) is 0 Å². The maximum absolute atomic E-state index is 12.5. The molecule has 0 N–H and O–H groups in total. The molecule has 1 aliphatic carbocycles. The van der Waals surface area contributed by atoms with Crippen LogP contribution in [0.25, 0.3) is 0 Å². The first-order chi connectivity index (χ1) is 10.7. The molecule has 0 aliphatic heterocycles. The van der Waals surface area contributed by atoms with Gasteiger partial charge in [-0.2, -0.15) is 0 Å². The van der Waals surface area contributed by atoms with E-state index in [1.165, 1.54) is 0 Å². The molecule has 1 saturated carbocycles. The van der Waals surface area contributed by atoms with Gasteiger partial charge in [0.1, 0.15) is 11.5 Å². The first-order valence-corrected chi connectivity index (χ1v) is 7.25. The van der Waals surface area contributed by atoms with E-state index in [1.54, 1.807) is 38.5 Å². The van der Waals surface area contributed by atoms with Crippen molar-refractivity contribution in [2.45, 2.75) is 24.0 Å². The van der Waals surface area contributed by atoms with Crippen LogP contribution in [0.1, 0.15) is 23.0 Å². The van der Waals surface area contributed by atoms with Gasteiger partial charge in [0.05, 0.1) is 14.2 Å². The number of hydrogen-bond acceptors (Lipinski definition) is 4. The van der Waals surface area contributed by atoms with Crippen LogP contribution in [-0.2, 0) is 0 Å². The summed E-state index contributed by atoms with van der Waals surface area (Å²) in [6, 6.07) is 14.4. The SMILES string of the molecule is COc1ccc(C2C([O-])C(c3ccc(OC)cc3)C2[O-])cc1. The van der Waals surface area contributed by atoms with Crippen molar-refractivity contribution < 1.29 is 19.7 Å². The van der Waals surface area contributed by atoms with Crippen LogP contribution in [0.5, 0.6) is 11.5 Å². The fraction of sp³-hybridized carbons (Fsp3) is 0.333. The van der Waals surface area contributed by atoms with Gasteiger partial charge in [0.25, 0.3) is 0 Å². The van der Waals surface area contributed by atoms with Crippen molar-refractivity contribution in [1.29, 1.82) is 0 Å². The Balaban J connectivity index is 1.77. The minimum Gasteiger partial charge on any atom is -0.851 e. The minimum atomic E-state index is -0.913. The van der Waals surface area contributed by atoms with Crippen molar-refractivity contribution in [2.75, 3.05) is 14.2 Å². The van der Waals surface area contributed by atoms with E-state index in [1.807, 2.05) is 24.3 Å². The Morgan fingerprint density at radius 2 is 0.955 bits per heavy atom. The minimum absolute atomic E-state index is 0.488. The van der Waals surface area contributed by atoms with Crippen LogP contribution in [0.4, 0.5) is 0 Å². The summed E-state index contributed by atoms with van der Waals surface area (Å²) in [6.45, 7) is 0. The zero-order chi connectivity index (χ0) is 15.7. The van der Waals surface area contributed by atoms with E-state index in [0.29, 0.717) is 0 Å². The maximum atomic E-state index is 12.5. The Hall–Kier alpha value is -2.04. The third-order valence-electron chi connectivity index (χ3n) is 4.42. The van der Waals surface area contributed by atoms with Crippen LogP contribution in [-0.4, -0.2) is 26.4 Å². The molecule has 4 heteroatoms. The monoisotopic (exact) mass is 298 g/mol. The van der Waals surface area contributed by atoms with E-state index in [4.69, 9.17) is 9.47 Å². The third kappa shape index (κ3) is 2.45. The van der Waals surface area contributed by atoms with Crippen LogP contribution in [0.2, 0.25) is 0 Å². The van der Waals surface area contributed by atoms with E-state index >= 15 is 0 Å². The topological polar surface area (TPSA) is 64.6 Å². The first kappa shape index (κ1) is 14.9. The Morgan fingerprint density at radius 3 is 1.23 bits per heavy atom. The molecule has 3 rings (SSSR count). The molecule has 0 amide bonds. The highest BCUT2D eigenvalue weighted by Crippen LogP contribution is 2.45. The van der Waals surface area contributed by atoms with Crippen LogP contribution >= 0.6 is 0 Å². The molecule has 1 aliphatic rings. The largest absolute Gasteiger partial charge is 0.851 e. The van der Waals surface area contributed by atoms with E-state index < -0.39 is 24.0 Å². The van der Waals surface area contributed by atoms with Crippen molar-refractivity contribution in [3.63, 3.8) is 0 Å². The summed E-state index contributed by atoms with van der Waals surface area (Å²) < 4.78 is 10.2. The molecule has 0 atom stereocenters.